The van der Waals surface area contributed by atoms with Crippen LogP contribution in [0.4, 0.5) is 8.78 Å². The summed E-state index contributed by atoms with van der Waals surface area (Å²) in [5.41, 5.74) is 7.53. The molecule has 2 aromatic carbocycles. The number of nitrogens with zero attached hydrogens (tertiary/aromatic N) is 3. The van der Waals surface area contributed by atoms with Crippen LogP contribution in [0, 0.1) is 0 Å². The van der Waals surface area contributed by atoms with Crippen LogP contribution in [0.3, 0.4) is 0 Å². The maximum absolute atomic E-state index is 12.5. The third-order valence-corrected chi connectivity index (χ3v) is 6.89. The van der Waals surface area contributed by atoms with Crippen LogP contribution in [0.15, 0.2) is 65.9 Å². The number of hydrogen-bond acceptors (Lipinski definition) is 7. The molecule has 2 aliphatic heterocycles. The van der Waals surface area contributed by atoms with Crippen molar-refractivity contribution in [3.05, 3.63) is 77.1 Å². The second-order valence-electron chi connectivity index (χ2n) is 9.41. The fraction of sp³-hybridized carbons (Fsp3) is 0.308. The first-order valence-corrected chi connectivity index (χ1v) is 11.7. The zero-order valence-corrected chi connectivity index (χ0v) is 20.4. The molecule has 0 saturated carbocycles. The fourth-order valence-electron chi connectivity index (χ4n) is 5.11. The van der Waals surface area contributed by atoms with E-state index >= 15 is 0 Å². The average molecular weight is 515 g/mol. The smallest absolute Gasteiger partial charge is 0.387 e. The van der Waals surface area contributed by atoms with E-state index < -0.39 is 24.0 Å². The molecule has 3 heterocycles. The van der Waals surface area contributed by atoms with E-state index in [0.717, 1.165) is 16.7 Å². The molecule has 0 bridgehead atoms. The number of hydrogen-bond donors (Lipinski definition) is 2. The molecule has 2 aliphatic rings. The summed E-state index contributed by atoms with van der Waals surface area (Å²) in [7, 11) is 1.69. The normalized spacial score (nSPS) is 25.0. The van der Waals surface area contributed by atoms with Crippen molar-refractivity contribution in [1.29, 1.82) is 0 Å². The number of aromatic nitrogens is 1. The van der Waals surface area contributed by atoms with Crippen molar-refractivity contribution in [1.82, 2.24) is 9.88 Å². The number of ether oxygens (including phenoxy) is 2. The Kier molecular flexibility index (Phi) is 6.00. The Morgan fingerprint density at radius 2 is 1.94 bits per heavy atom. The highest BCUT2D eigenvalue weighted by Gasteiger charge is 2.56. The number of likely N-dealkylation sites (N-methyl/N-ethyl adjacent to an activating group) is 1. The largest absolute Gasteiger partial charge is 0.487 e. The highest BCUT2D eigenvalue weighted by Crippen LogP contribution is 2.52. The highest BCUT2D eigenvalue weighted by atomic mass is 35.5. The third kappa shape index (κ3) is 4.33. The quantitative estimate of drug-likeness (QED) is 0.518. The monoisotopic (exact) mass is 514 g/mol. The summed E-state index contributed by atoms with van der Waals surface area (Å²) in [5, 5.41) is 11.9. The zero-order valence-electron chi connectivity index (χ0n) is 19.7. The van der Waals surface area contributed by atoms with Gasteiger partial charge in [0.15, 0.2) is 12.2 Å². The number of alkyl halides is 2. The number of halogens is 3. The van der Waals surface area contributed by atoms with Crippen molar-refractivity contribution in [3.63, 3.8) is 0 Å². The molecule has 3 atom stereocenters. The first-order chi connectivity index (χ1) is 17.1. The molecule has 1 spiro atoms. The summed E-state index contributed by atoms with van der Waals surface area (Å²) in [5.74, 6) is 0.880. The van der Waals surface area contributed by atoms with Crippen molar-refractivity contribution in [3.8, 4) is 22.6 Å². The molecule has 0 amide bonds. The predicted octanol–water partition coefficient (Wildman–Crippen LogP) is 4.56. The Hall–Kier alpha value is -3.43. The number of benzene rings is 2. The summed E-state index contributed by atoms with van der Waals surface area (Å²) in [4.78, 5) is 10.5. The van der Waals surface area contributed by atoms with Crippen molar-refractivity contribution in [2.75, 3.05) is 7.05 Å². The number of fused-ring (bicyclic) bond motifs is 2. The van der Waals surface area contributed by atoms with Crippen LogP contribution in [-0.4, -0.2) is 46.4 Å². The van der Waals surface area contributed by atoms with Crippen LogP contribution in [0.2, 0.25) is 5.02 Å². The van der Waals surface area contributed by atoms with Gasteiger partial charge in [-0.2, -0.15) is 8.78 Å². The molecule has 3 N–H and O–H groups in total. The van der Waals surface area contributed by atoms with Gasteiger partial charge in [-0.3, -0.25) is 4.98 Å². The molecule has 3 aromatic rings. The Bertz CT molecular complexity index is 1320. The van der Waals surface area contributed by atoms with Gasteiger partial charge in [-0.05, 0) is 48.4 Å². The molecule has 188 valence electrons. The van der Waals surface area contributed by atoms with Crippen LogP contribution in [-0.2, 0) is 12.0 Å². The molecule has 0 aliphatic carbocycles. The van der Waals surface area contributed by atoms with Gasteiger partial charge in [-0.15, -0.1) is 0 Å². The predicted molar refractivity (Wildman–Crippen MR) is 132 cm³/mol. The molecule has 7 nitrogen and oxygen atoms in total. The van der Waals surface area contributed by atoms with Gasteiger partial charge in [0.2, 0.25) is 0 Å². The van der Waals surface area contributed by atoms with Crippen molar-refractivity contribution in [2.24, 2.45) is 10.7 Å². The van der Waals surface area contributed by atoms with Gasteiger partial charge in [-0.25, -0.2) is 4.99 Å². The van der Waals surface area contributed by atoms with Gasteiger partial charge in [0.1, 0.15) is 22.6 Å². The van der Waals surface area contributed by atoms with E-state index in [2.05, 4.69) is 9.72 Å². The Labute approximate surface area is 212 Å². The lowest BCUT2D eigenvalue weighted by Crippen LogP contribution is -2.53. The van der Waals surface area contributed by atoms with E-state index in [9.17, 15) is 13.9 Å². The molecule has 0 radical (unpaired) electrons. The van der Waals surface area contributed by atoms with Crippen molar-refractivity contribution < 1.29 is 23.4 Å². The van der Waals surface area contributed by atoms with Crippen LogP contribution in [0.1, 0.15) is 24.5 Å². The number of pyridine rings is 1. The topological polar surface area (TPSA) is 93.2 Å². The molecule has 0 saturated heterocycles. The van der Waals surface area contributed by atoms with E-state index in [4.69, 9.17) is 27.1 Å². The van der Waals surface area contributed by atoms with Crippen LogP contribution in [0.5, 0.6) is 11.5 Å². The summed E-state index contributed by atoms with van der Waals surface area (Å²) in [6.45, 7) is -0.949. The zero-order chi connectivity index (χ0) is 25.7. The second kappa shape index (κ2) is 8.90. The summed E-state index contributed by atoms with van der Waals surface area (Å²) in [6.07, 6.45) is 3.02. The number of aliphatic imine (C=N–C) groups is 1. The lowest BCUT2D eigenvalue weighted by Gasteiger charge is -2.46. The summed E-state index contributed by atoms with van der Waals surface area (Å²) < 4.78 is 36.0. The lowest BCUT2D eigenvalue weighted by atomic mass is 9.74. The van der Waals surface area contributed by atoms with E-state index in [1.165, 1.54) is 12.1 Å². The first kappa shape index (κ1) is 24.3. The maximum Gasteiger partial charge on any atom is 0.387 e. The SMILES string of the molecule is CN1C(N)=N[C@@]2(C[C@@](C)(Cc3ccc(OC(F)F)cc3)Oc3ccc(-c4cncc(Cl)c4)cc32)C1O. The van der Waals surface area contributed by atoms with Gasteiger partial charge in [-0.1, -0.05) is 29.8 Å². The van der Waals surface area contributed by atoms with E-state index in [-0.39, 0.29) is 11.7 Å². The number of guanidine groups is 1. The van der Waals surface area contributed by atoms with Gasteiger partial charge in [0.25, 0.3) is 0 Å². The van der Waals surface area contributed by atoms with Crippen LogP contribution < -0.4 is 15.2 Å². The molecule has 5 rings (SSSR count). The summed E-state index contributed by atoms with van der Waals surface area (Å²) in [6, 6.07) is 13.9. The standard InChI is InChI=1S/C26H25ClF2N4O3/c1-25(11-15-3-6-19(7-4-15)35-23(28)29)14-26(22(34)33(2)24(30)32-26)20-10-16(5-8-21(20)36-25)17-9-18(27)13-31-12-17/h3-10,12-13,22-23,34H,11,14H2,1-2H3,(H2,30,32)/t22?,25-,26-/m1/s1. The minimum Gasteiger partial charge on any atom is -0.487 e. The second-order valence-corrected chi connectivity index (χ2v) is 9.85. The van der Waals surface area contributed by atoms with Crippen LogP contribution in [0.25, 0.3) is 11.1 Å². The molecule has 1 unspecified atom stereocenters. The molecular weight excluding hydrogens is 490 g/mol. The molecular formula is C26H25ClF2N4O3. The number of aliphatic hydroxyl groups excluding tert-OH is 1. The molecule has 10 heteroatoms. The first-order valence-electron chi connectivity index (χ1n) is 11.3. The molecule has 1 aromatic heterocycles. The molecule has 0 fully saturated rings. The summed E-state index contributed by atoms with van der Waals surface area (Å²) >= 11 is 6.15. The van der Waals surface area contributed by atoms with Gasteiger partial charge < -0.3 is 25.2 Å². The number of nitrogens with two attached hydrogens (primary N) is 1. The van der Waals surface area contributed by atoms with Gasteiger partial charge in [0.05, 0.1) is 5.02 Å². The fourth-order valence-corrected chi connectivity index (χ4v) is 5.28. The molecule has 36 heavy (non-hydrogen) atoms. The Balaban J connectivity index is 1.54. The van der Waals surface area contributed by atoms with Crippen LogP contribution >= 0.6 is 11.6 Å². The minimum atomic E-state index is -2.89. The van der Waals surface area contributed by atoms with E-state index in [1.807, 2.05) is 31.2 Å². The van der Waals surface area contributed by atoms with Crippen molar-refractivity contribution >= 4 is 17.6 Å². The van der Waals surface area contributed by atoms with Crippen molar-refractivity contribution in [2.45, 2.75) is 43.7 Å². The Morgan fingerprint density at radius 1 is 1.19 bits per heavy atom. The minimum absolute atomic E-state index is 0.0820. The van der Waals surface area contributed by atoms with Gasteiger partial charge >= 0.3 is 6.61 Å². The lowest BCUT2D eigenvalue weighted by molar-refractivity contribution is -0.0502. The number of rotatable bonds is 5. The average Bonchev–Trinajstić information content (AvgIpc) is 3.03. The maximum atomic E-state index is 12.5. The van der Waals surface area contributed by atoms with Gasteiger partial charge in [0, 0.05) is 43.4 Å². The van der Waals surface area contributed by atoms with E-state index in [1.54, 1.807) is 36.5 Å². The number of aliphatic hydroxyl groups is 1. The Morgan fingerprint density at radius 3 is 2.58 bits per heavy atom. The van der Waals surface area contributed by atoms with E-state index in [0.29, 0.717) is 29.2 Å². The highest BCUT2D eigenvalue weighted by molar-refractivity contribution is 6.30. The third-order valence-electron chi connectivity index (χ3n) is 6.68.